The van der Waals surface area contributed by atoms with E-state index in [-0.39, 0.29) is 35.9 Å². The SMILES string of the molecule is Cc1c(Br)cc(CC(CO)NC(=O)[C@@H]2CC3c4cccc5c4c(cn5C(F)(F)F)C[C@H]3N(C)C2)cc1Br. The largest absolute Gasteiger partial charge is 0.488 e. The Morgan fingerprint density at radius 1 is 1.24 bits per heavy atom. The molecule has 2 unspecified atom stereocenters. The lowest BCUT2D eigenvalue weighted by atomic mass is 9.72. The van der Waals surface area contributed by atoms with Gasteiger partial charge in [0.1, 0.15) is 0 Å². The fraction of sp³-hybridized carbons (Fsp3) is 0.444. The standard InChI is InChI=1S/C27H28Br2F3N3O2/c1-14-21(28)7-15(8-22(14)29)6-18(13-36)33-26(37)17-9-20-19-4-3-5-23-25(19)16(10-24(20)34(2)11-17)12-35(23)27(30,31)32/h3-5,7-8,12,17-18,20,24,36H,6,9-11,13H2,1-2H3,(H,33,37)/t17-,18?,20?,24-/m1/s1. The Bertz CT molecular complexity index is 1330. The first kappa shape index (κ1) is 26.7. The molecule has 10 heteroatoms. The van der Waals surface area contributed by atoms with E-state index in [1.54, 1.807) is 6.07 Å². The van der Waals surface area contributed by atoms with Gasteiger partial charge in [0.15, 0.2) is 0 Å². The molecular formula is C27H28Br2F3N3O2. The van der Waals surface area contributed by atoms with Crippen LogP contribution in [-0.4, -0.2) is 52.8 Å². The van der Waals surface area contributed by atoms with Crippen molar-refractivity contribution in [3.05, 3.63) is 67.7 Å². The van der Waals surface area contributed by atoms with Crippen LogP contribution in [0.15, 0.2) is 45.5 Å². The molecular weight excluding hydrogens is 615 g/mol. The number of aliphatic hydroxyl groups excluding tert-OH is 1. The molecule has 0 saturated carbocycles. The number of carbonyl (C=O) groups excluding carboxylic acids is 1. The highest BCUT2D eigenvalue weighted by Crippen LogP contribution is 2.46. The number of hydrogen-bond donors (Lipinski definition) is 2. The topological polar surface area (TPSA) is 57.5 Å². The quantitative estimate of drug-likeness (QED) is 0.379. The smallest absolute Gasteiger partial charge is 0.394 e. The second-order valence-corrected chi connectivity index (χ2v) is 12.0. The van der Waals surface area contributed by atoms with E-state index >= 15 is 0 Å². The molecule has 4 atom stereocenters. The van der Waals surface area contributed by atoms with Gasteiger partial charge in [-0.25, -0.2) is 0 Å². The van der Waals surface area contributed by atoms with Gasteiger partial charge in [0.2, 0.25) is 5.91 Å². The summed E-state index contributed by atoms with van der Waals surface area (Å²) in [5, 5.41) is 13.7. The van der Waals surface area contributed by atoms with Crippen molar-refractivity contribution in [2.45, 2.75) is 50.5 Å². The highest BCUT2D eigenvalue weighted by Gasteiger charge is 2.43. The normalized spacial score (nSPS) is 22.6. The molecule has 5 nitrogen and oxygen atoms in total. The van der Waals surface area contributed by atoms with Gasteiger partial charge in [-0.3, -0.25) is 9.36 Å². The lowest BCUT2D eigenvalue weighted by Gasteiger charge is -2.45. The summed E-state index contributed by atoms with van der Waals surface area (Å²) < 4.78 is 43.4. The number of piperidine rings is 1. The Morgan fingerprint density at radius 3 is 2.59 bits per heavy atom. The molecule has 5 rings (SSSR count). The average Bonchev–Trinajstić information content (AvgIpc) is 3.23. The molecule has 1 aliphatic heterocycles. The predicted octanol–water partition coefficient (Wildman–Crippen LogP) is 5.63. The first-order valence-electron chi connectivity index (χ1n) is 12.2. The number of aromatic nitrogens is 1. The minimum atomic E-state index is -4.49. The van der Waals surface area contributed by atoms with Gasteiger partial charge < -0.3 is 15.3 Å². The molecule has 2 aromatic carbocycles. The number of carbonyl (C=O) groups is 1. The van der Waals surface area contributed by atoms with Crippen molar-refractivity contribution in [1.82, 2.24) is 14.8 Å². The third kappa shape index (κ3) is 4.97. The van der Waals surface area contributed by atoms with Crippen LogP contribution in [0.25, 0.3) is 10.9 Å². The molecule has 1 aromatic heterocycles. The van der Waals surface area contributed by atoms with E-state index in [4.69, 9.17) is 0 Å². The number of fused-ring (bicyclic) bond motifs is 2. The number of nitrogens with zero attached hydrogens (tertiary/aromatic N) is 2. The van der Waals surface area contributed by atoms with Gasteiger partial charge in [0.05, 0.1) is 24.1 Å². The number of alkyl halides is 3. The van der Waals surface area contributed by atoms with Crippen molar-refractivity contribution >= 4 is 48.7 Å². The third-order valence-electron chi connectivity index (χ3n) is 7.88. The number of benzene rings is 2. The van der Waals surface area contributed by atoms with Crippen LogP contribution in [0.3, 0.4) is 0 Å². The highest BCUT2D eigenvalue weighted by atomic mass is 79.9. The van der Waals surface area contributed by atoms with Crippen LogP contribution in [0.4, 0.5) is 13.2 Å². The number of nitrogens with one attached hydrogen (secondary N) is 1. The van der Waals surface area contributed by atoms with Crippen LogP contribution in [-0.2, 0) is 23.9 Å². The van der Waals surface area contributed by atoms with Crippen LogP contribution < -0.4 is 5.32 Å². The number of amides is 1. The van der Waals surface area contributed by atoms with Crippen LogP contribution in [0.1, 0.15) is 34.6 Å². The fourth-order valence-electron chi connectivity index (χ4n) is 6.03. The average molecular weight is 643 g/mol. The summed E-state index contributed by atoms with van der Waals surface area (Å²) in [5.74, 6) is -0.523. The summed E-state index contributed by atoms with van der Waals surface area (Å²) in [7, 11) is 1.94. The van der Waals surface area contributed by atoms with Crippen LogP contribution in [0.5, 0.6) is 0 Å². The summed E-state index contributed by atoms with van der Waals surface area (Å²) in [6.07, 6.45) is -1.72. The number of likely N-dealkylation sites (tertiary alicyclic amines) is 1. The van der Waals surface area contributed by atoms with Gasteiger partial charge in [-0.05, 0) is 73.7 Å². The fourth-order valence-corrected chi connectivity index (χ4v) is 7.31. The van der Waals surface area contributed by atoms with Crippen molar-refractivity contribution in [2.75, 3.05) is 20.2 Å². The molecule has 2 N–H and O–H groups in total. The van der Waals surface area contributed by atoms with Crippen LogP contribution in [0.2, 0.25) is 0 Å². The van der Waals surface area contributed by atoms with E-state index in [1.807, 2.05) is 32.2 Å². The molecule has 198 valence electrons. The Morgan fingerprint density at radius 2 is 1.95 bits per heavy atom. The monoisotopic (exact) mass is 641 g/mol. The zero-order valence-electron chi connectivity index (χ0n) is 20.4. The van der Waals surface area contributed by atoms with Crippen LogP contribution in [0, 0.1) is 12.8 Å². The molecule has 0 radical (unpaired) electrons. The Hall–Kier alpha value is -1.88. The first-order chi connectivity index (χ1) is 17.5. The molecule has 1 saturated heterocycles. The van der Waals surface area contributed by atoms with Gasteiger partial charge in [-0.1, -0.05) is 44.0 Å². The number of rotatable bonds is 5. The molecule has 1 amide bonds. The third-order valence-corrected chi connectivity index (χ3v) is 9.53. The molecule has 2 heterocycles. The van der Waals surface area contributed by atoms with E-state index in [1.165, 1.54) is 12.3 Å². The first-order valence-corrected chi connectivity index (χ1v) is 13.8. The second-order valence-electron chi connectivity index (χ2n) is 10.3. The van der Waals surface area contributed by atoms with Crippen molar-refractivity contribution < 1.29 is 23.1 Å². The van der Waals surface area contributed by atoms with Crippen molar-refractivity contribution in [2.24, 2.45) is 5.92 Å². The van der Waals surface area contributed by atoms with Gasteiger partial charge in [-0.15, -0.1) is 13.2 Å². The van der Waals surface area contributed by atoms with Crippen molar-refractivity contribution in [1.29, 1.82) is 0 Å². The molecule has 0 bridgehead atoms. The van der Waals surface area contributed by atoms with E-state index in [0.717, 1.165) is 25.6 Å². The number of hydrogen-bond acceptors (Lipinski definition) is 3. The zero-order chi connectivity index (χ0) is 26.6. The predicted molar refractivity (Wildman–Crippen MR) is 144 cm³/mol. The lowest BCUT2D eigenvalue weighted by Crippen LogP contribution is -2.53. The summed E-state index contributed by atoms with van der Waals surface area (Å²) >= 11 is 7.10. The molecule has 2 aliphatic rings. The van der Waals surface area contributed by atoms with Gasteiger partial charge in [-0.2, -0.15) is 0 Å². The maximum atomic E-state index is 13.7. The van der Waals surface area contributed by atoms with Crippen LogP contribution >= 0.6 is 31.9 Å². The number of aliphatic hydroxyl groups is 1. The highest BCUT2D eigenvalue weighted by molar-refractivity contribution is 9.11. The molecule has 1 fully saturated rings. The van der Waals surface area contributed by atoms with Gasteiger partial charge in [0, 0.05) is 39.0 Å². The Kier molecular flexibility index (Phi) is 7.23. The number of halogens is 5. The van der Waals surface area contributed by atoms with E-state index in [9.17, 15) is 23.1 Å². The minimum absolute atomic E-state index is 0.0298. The Labute approximate surface area is 230 Å². The molecule has 1 aliphatic carbocycles. The van der Waals surface area contributed by atoms with Gasteiger partial charge in [0.25, 0.3) is 0 Å². The molecule has 3 aromatic rings. The summed E-state index contributed by atoms with van der Waals surface area (Å²) in [4.78, 5) is 15.5. The lowest BCUT2D eigenvalue weighted by molar-refractivity contribution is -0.200. The number of likely N-dealkylation sites (N-methyl/N-ethyl adjacent to an activating group) is 1. The van der Waals surface area contributed by atoms with Crippen molar-refractivity contribution in [3.8, 4) is 0 Å². The summed E-state index contributed by atoms with van der Waals surface area (Å²) in [5.41, 5.74) is 3.80. The van der Waals surface area contributed by atoms with Gasteiger partial charge >= 0.3 is 6.30 Å². The molecule has 0 spiro atoms. The second kappa shape index (κ2) is 10.0. The maximum Gasteiger partial charge on any atom is 0.488 e. The summed E-state index contributed by atoms with van der Waals surface area (Å²) in [6.45, 7) is 2.30. The minimum Gasteiger partial charge on any atom is -0.394 e. The van der Waals surface area contributed by atoms with Crippen molar-refractivity contribution in [3.63, 3.8) is 0 Å². The molecule has 37 heavy (non-hydrogen) atoms. The van der Waals surface area contributed by atoms with E-state index in [2.05, 4.69) is 42.1 Å². The van der Waals surface area contributed by atoms with E-state index in [0.29, 0.717) is 41.3 Å². The maximum absolute atomic E-state index is 13.7. The van der Waals surface area contributed by atoms with E-state index < -0.39 is 12.3 Å². The summed E-state index contributed by atoms with van der Waals surface area (Å²) in [6, 6.07) is 8.65. The Balaban J connectivity index is 1.37. The zero-order valence-corrected chi connectivity index (χ0v) is 23.6.